The molecule has 0 unspecified atom stereocenters. The molecule has 0 aromatic heterocycles. The van der Waals surface area contributed by atoms with Gasteiger partial charge in [0.2, 0.25) is 0 Å². The van der Waals surface area contributed by atoms with Gasteiger partial charge < -0.3 is 4.90 Å². The van der Waals surface area contributed by atoms with Crippen LogP contribution in [0.5, 0.6) is 0 Å². The van der Waals surface area contributed by atoms with E-state index in [-0.39, 0.29) is 0 Å². The molecule has 0 saturated heterocycles. The van der Waals surface area contributed by atoms with Gasteiger partial charge in [0, 0.05) is 16.9 Å². The molecule has 10 aromatic carbocycles. The largest absolute Gasteiger partial charge is 0.310 e. The van der Waals surface area contributed by atoms with Crippen molar-refractivity contribution in [3.63, 3.8) is 0 Å². The van der Waals surface area contributed by atoms with E-state index in [0.717, 1.165) is 17.1 Å². The number of anilines is 3. The van der Waals surface area contributed by atoms with E-state index < -0.39 is 0 Å². The summed E-state index contributed by atoms with van der Waals surface area (Å²) in [6.45, 7) is 0. The minimum Gasteiger partial charge on any atom is -0.310 e. The Balaban J connectivity index is 1.15. The highest BCUT2D eigenvalue weighted by Gasteiger charge is 2.21. The number of rotatable bonds is 7. The Morgan fingerprint density at radius 1 is 0.236 bits per heavy atom. The third-order valence-electron chi connectivity index (χ3n) is 10.9. The molecular formula is C54H37N. The smallest absolute Gasteiger partial charge is 0.0540 e. The van der Waals surface area contributed by atoms with E-state index in [1.807, 2.05) is 0 Å². The van der Waals surface area contributed by atoms with Gasteiger partial charge in [0.25, 0.3) is 0 Å². The lowest BCUT2D eigenvalue weighted by Gasteiger charge is -2.29. The fourth-order valence-electron chi connectivity index (χ4n) is 8.26. The molecule has 0 heterocycles. The Kier molecular flexibility index (Phi) is 8.24. The van der Waals surface area contributed by atoms with Gasteiger partial charge in [-0.1, -0.05) is 188 Å². The molecule has 1 heteroatoms. The molecule has 0 amide bonds. The van der Waals surface area contributed by atoms with Crippen molar-refractivity contribution in [2.45, 2.75) is 0 Å². The molecule has 0 spiro atoms. The first-order valence-corrected chi connectivity index (χ1v) is 18.9. The first-order valence-electron chi connectivity index (χ1n) is 18.9. The normalized spacial score (nSPS) is 11.3. The molecule has 0 radical (unpaired) electrons. The zero-order chi connectivity index (χ0) is 36.6. The van der Waals surface area contributed by atoms with E-state index in [2.05, 4.69) is 229 Å². The van der Waals surface area contributed by atoms with Crippen LogP contribution in [0.15, 0.2) is 224 Å². The van der Waals surface area contributed by atoms with E-state index in [0.29, 0.717) is 0 Å². The summed E-state index contributed by atoms with van der Waals surface area (Å²) in [4.78, 5) is 2.42. The summed E-state index contributed by atoms with van der Waals surface area (Å²) in [6, 6.07) is 81.5. The number of benzene rings is 10. The first-order chi connectivity index (χ1) is 27.3. The highest BCUT2D eigenvalue weighted by atomic mass is 15.1. The van der Waals surface area contributed by atoms with Gasteiger partial charge in [0.1, 0.15) is 0 Å². The van der Waals surface area contributed by atoms with Crippen molar-refractivity contribution in [2.75, 3.05) is 4.90 Å². The zero-order valence-corrected chi connectivity index (χ0v) is 30.3. The van der Waals surface area contributed by atoms with Crippen LogP contribution in [0.1, 0.15) is 0 Å². The number of para-hydroxylation sites is 1. The van der Waals surface area contributed by atoms with Crippen molar-refractivity contribution < 1.29 is 0 Å². The molecule has 0 saturated carbocycles. The minimum atomic E-state index is 1.10. The maximum absolute atomic E-state index is 2.42. The summed E-state index contributed by atoms with van der Waals surface area (Å²) in [5, 5.41) is 7.50. The van der Waals surface area contributed by atoms with Gasteiger partial charge in [-0.2, -0.15) is 0 Å². The quantitative estimate of drug-likeness (QED) is 0.150. The van der Waals surface area contributed by atoms with Crippen molar-refractivity contribution in [3.8, 4) is 44.5 Å². The molecule has 10 aromatic rings. The summed E-state index contributed by atoms with van der Waals surface area (Å²) in [5.74, 6) is 0. The van der Waals surface area contributed by atoms with Crippen molar-refractivity contribution >= 4 is 49.4 Å². The monoisotopic (exact) mass is 699 g/mol. The van der Waals surface area contributed by atoms with Crippen LogP contribution in [0.2, 0.25) is 0 Å². The van der Waals surface area contributed by atoms with Crippen molar-refractivity contribution in [1.29, 1.82) is 0 Å². The Labute approximate surface area is 322 Å². The summed E-state index contributed by atoms with van der Waals surface area (Å²) >= 11 is 0. The van der Waals surface area contributed by atoms with E-state index in [1.54, 1.807) is 0 Å². The van der Waals surface area contributed by atoms with E-state index in [4.69, 9.17) is 0 Å². The average Bonchev–Trinajstić information content (AvgIpc) is 3.27. The SMILES string of the molecule is c1ccc(-c2ccccc2-c2ccccc2-c2ccccc2N(c2ccc(-c3cc4ccccc4c4ccccc34)cc2)c2ccc3ccccc3c2)cc1. The molecule has 0 atom stereocenters. The van der Waals surface area contributed by atoms with E-state index in [1.165, 1.54) is 76.8 Å². The van der Waals surface area contributed by atoms with Gasteiger partial charge in [0.15, 0.2) is 0 Å². The zero-order valence-electron chi connectivity index (χ0n) is 30.3. The van der Waals surface area contributed by atoms with Crippen molar-refractivity contribution in [1.82, 2.24) is 0 Å². The molecule has 0 bridgehead atoms. The molecular weight excluding hydrogens is 663 g/mol. The summed E-state index contributed by atoms with van der Waals surface area (Å²) in [7, 11) is 0. The molecule has 0 aliphatic heterocycles. The van der Waals surface area contributed by atoms with Gasteiger partial charge >= 0.3 is 0 Å². The van der Waals surface area contributed by atoms with E-state index >= 15 is 0 Å². The Morgan fingerprint density at radius 2 is 0.727 bits per heavy atom. The van der Waals surface area contributed by atoms with Crippen molar-refractivity contribution in [3.05, 3.63) is 224 Å². The van der Waals surface area contributed by atoms with Crippen molar-refractivity contribution in [2.24, 2.45) is 0 Å². The van der Waals surface area contributed by atoms with Gasteiger partial charge in [-0.05, 0) is 108 Å². The number of nitrogens with zero attached hydrogens (tertiary/aromatic N) is 1. The van der Waals surface area contributed by atoms with E-state index in [9.17, 15) is 0 Å². The topological polar surface area (TPSA) is 3.24 Å². The second-order valence-electron chi connectivity index (χ2n) is 14.1. The van der Waals surface area contributed by atoms with Gasteiger partial charge in [-0.25, -0.2) is 0 Å². The van der Waals surface area contributed by atoms with Crippen LogP contribution in [0.3, 0.4) is 0 Å². The van der Waals surface area contributed by atoms with Crippen LogP contribution in [0, 0.1) is 0 Å². The summed E-state index contributed by atoms with van der Waals surface area (Å²) in [6.07, 6.45) is 0. The maximum atomic E-state index is 2.42. The van der Waals surface area contributed by atoms with Gasteiger partial charge in [0.05, 0.1) is 5.69 Å². The number of hydrogen-bond donors (Lipinski definition) is 0. The standard InChI is InChI=1S/C54H37N/c1-2-17-39(18-3-1)45-21-8-9-23-47(45)49-25-11-12-26-50(49)52-28-14-15-29-54(52)55(44-35-30-38-16-4-5-19-41(38)36-44)43-33-31-40(32-34-43)53-37-42-20-6-7-22-46(42)48-24-10-13-27-51(48)53/h1-37H. The molecule has 0 aliphatic carbocycles. The Hall–Kier alpha value is -7.22. The van der Waals surface area contributed by atoms with Gasteiger partial charge in [-0.3, -0.25) is 0 Å². The predicted octanol–water partition coefficient (Wildman–Crippen LogP) is 15.3. The lowest BCUT2D eigenvalue weighted by molar-refractivity contribution is 1.29. The third kappa shape index (κ3) is 5.93. The lowest BCUT2D eigenvalue weighted by atomic mass is 9.88. The Bertz CT molecular complexity index is 2980. The average molecular weight is 700 g/mol. The predicted molar refractivity (Wildman–Crippen MR) is 235 cm³/mol. The third-order valence-corrected chi connectivity index (χ3v) is 10.9. The lowest BCUT2D eigenvalue weighted by Crippen LogP contribution is -2.11. The van der Waals surface area contributed by atoms with Crippen LogP contribution < -0.4 is 4.90 Å². The molecule has 1 nitrogen and oxygen atoms in total. The van der Waals surface area contributed by atoms with Crippen LogP contribution in [-0.2, 0) is 0 Å². The molecule has 55 heavy (non-hydrogen) atoms. The van der Waals surface area contributed by atoms with Crippen LogP contribution in [0.25, 0.3) is 76.8 Å². The van der Waals surface area contributed by atoms with Crippen LogP contribution >= 0.6 is 0 Å². The van der Waals surface area contributed by atoms with Crippen LogP contribution in [-0.4, -0.2) is 0 Å². The molecule has 0 aliphatic rings. The highest BCUT2D eigenvalue weighted by Crippen LogP contribution is 2.46. The van der Waals surface area contributed by atoms with Crippen LogP contribution in [0.4, 0.5) is 17.1 Å². The Morgan fingerprint density at radius 3 is 1.47 bits per heavy atom. The number of hydrogen-bond acceptors (Lipinski definition) is 1. The fraction of sp³-hybridized carbons (Fsp3) is 0. The maximum Gasteiger partial charge on any atom is 0.0540 e. The number of fused-ring (bicyclic) bond motifs is 4. The second kappa shape index (κ2) is 14.0. The molecule has 10 rings (SSSR count). The minimum absolute atomic E-state index is 1.10. The first kappa shape index (κ1) is 32.4. The fourth-order valence-corrected chi connectivity index (χ4v) is 8.26. The summed E-state index contributed by atoms with van der Waals surface area (Å²) < 4.78 is 0. The summed E-state index contributed by atoms with van der Waals surface area (Å²) in [5.41, 5.74) is 12.9. The highest BCUT2D eigenvalue weighted by molar-refractivity contribution is 6.14. The molecule has 0 N–H and O–H groups in total. The van der Waals surface area contributed by atoms with Gasteiger partial charge in [-0.15, -0.1) is 0 Å². The second-order valence-corrected chi connectivity index (χ2v) is 14.1. The molecule has 258 valence electrons. The molecule has 0 fully saturated rings.